The average Bonchev–Trinajstić information content (AvgIpc) is 2.30. The predicted molar refractivity (Wildman–Crippen MR) is 62.1 cm³/mol. The first-order chi connectivity index (χ1) is 7.84. The molecule has 4 nitrogen and oxygen atoms in total. The van der Waals surface area contributed by atoms with E-state index in [-0.39, 0.29) is 0 Å². The number of nitrogens with zero attached hydrogens (tertiary/aromatic N) is 2. The molecule has 2 aromatic rings. The summed E-state index contributed by atoms with van der Waals surface area (Å²) in [5.41, 5.74) is 6.74. The second-order valence-corrected chi connectivity index (χ2v) is 3.35. The minimum atomic E-state index is 0.330. The lowest BCUT2D eigenvalue weighted by atomic mass is 10.2. The van der Waals surface area contributed by atoms with Gasteiger partial charge >= 0.3 is 6.01 Å². The van der Waals surface area contributed by atoms with Gasteiger partial charge in [-0.05, 0) is 11.6 Å². The Kier molecular flexibility index (Phi) is 3.33. The molecule has 0 radical (unpaired) electrons. The summed E-state index contributed by atoms with van der Waals surface area (Å²) in [6, 6.07) is 12.1. The van der Waals surface area contributed by atoms with Gasteiger partial charge < -0.3 is 10.5 Å². The van der Waals surface area contributed by atoms with E-state index in [0.717, 1.165) is 6.42 Å². The van der Waals surface area contributed by atoms with Gasteiger partial charge in [-0.25, -0.2) is 4.98 Å². The smallest absolute Gasteiger partial charge is 0.318 e. The summed E-state index contributed by atoms with van der Waals surface area (Å²) in [4.78, 5) is 7.91. The van der Waals surface area contributed by atoms with Crippen LogP contribution in [0.15, 0.2) is 42.6 Å². The van der Waals surface area contributed by atoms with Gasteiger partial charge in [0.25, 0.3) is 0 Å². The molecule has 16 heavy (non-hydrogen) atoms. The summed E-state index contributed by atoms with van der Waals surface area (Å²) in [7, 11) is 0. The summed E-state index contributed by atoms with van der Waals surface area (Å²) in [5, 5.41) is 0. The largest absolute Gasteiger partial charge is 0.463 e. The van der Waals surface area contributed by atoms with Crippen LogP contribution in [0.3, 0.4) is 0 Å². The lowest BCUT2D eigenvalue weighted by Gasteiger charge is -2.04. The van der Waals surface area contributed by atoms with E-state index in [9.17, 15) is 0 Å². The van der Waals surface area contributed by atoms with Crippen molar-refractivity contribution in [1.82, 2.24) is 9.97 Å². The molecule has 2 N–H and O–H groups in total. The number of aromatic nitrogens is 2. The van der Waals surface area contributed by atoms with Crippen LogP contribution in [0.5, 0.6) is 6.01 Å². The summed E-state index contributed by atoms with van der Waals surface area (Å²) >= 11 is 0. The molecule has 0 saturated heterocycles. The Morgan fingerprint density at radius 2 is 1.94 bits per heavy atom. The van der Waals surface area contributed by atoms with E-state index >= 15 is 0 Å². The molecule has 1 aromatic carbocycles. The number of anilines is 1. The second-order valence-electron chi connectivity index (χ2n) is 3.35. The Morgan fingerprint density at radius 3 is 2.69 bits per heavy atom. The Balaban J connectivity index is 1.85. The first kappa shape index (κ1) is 10.4. The van der Waals surface area contributed by atoms with Crippen molar-refractivity contribution in [2.45, 2.75) is 6.42 Å². The zero-order valence-electron chi connectivity index (χ0n) is 8.84. The summed E-state index contributed by atoms with van der Waals surface area (Å²) in [6.45, 7) is 0.549. The summed E-state index contributed by atoms with van der Waals surface area (Å²) in [5.74, 6) is 0.421. The van der Waals surface area contributed by atoms with Gasteiger partial charge in [0.15, 0.2) is 0 Å². The second kappa shape index (κ2) is 5.11. The van der Waals surface area contributed by atoms with Crippen LogP contribution in [0.2, 0.25) is 0 Å². The van der Waals surface area contributed by atoms with Gasteiger partial charge in [0.2, 0.25) is 0 Å². The van der Waals surface area contributed by atoms with Gasteiger partial charge in [-0.3, -0.25) is 0 Å². The van der Waals surface area contributed by atoms with Crippen LogP contribution in [-0.2, 0) is 6.42 Å². The van der Waals surface area contributed by atoms with Crippen molar-refractivity contribution in [3.63, 3.8) is 0 Å². The number of hydrogen-bond acceptors (Lipinski definition) is 4. The van der Waals surface area contributed by atoms with Gasteiger partial charge in [-0.15, -0.1) is 0 Å². The zero-order chi connectivity index (χ0) is 11.2. The van der Waals surface area contributed by atoms with Crippen molar-refractivity contribution in [2.24, 2.45) is 0 Å². The maximum atomic E-state index is 5.51. The van der Waals surface area contributed by atoms with Crippen LogP contribution in [0.25, 0.3) is 0 Å². The first-order valence-electron chi connectivity index (χ1n) is 5.10. The predicted octanol–water partition coefficient (Wildman–Crippen LogP) is 1.68. The molecular formula is C12H13N3O. The maximum Gasteiger partial charge on any atom is 0.318 e. The lowest BCUT2D eigenvalue weighted by molar-refractivity contribution is 0.297. The standard InChI is InChI=1S/C12H13N3O/c13-11-6-8-14-12(15-11)16-9-7-10-4-2-1-3-5-10/h1-6,8H,7,9H2,(H2,13,14,15). The molecule has 0 spiro atoms. The molecule has 0 atom stereocenters. The van der Waals surface area contributed by atoms with Crippen molar-refractivity contribution >= 4 is 5.82 Å². The van der Waals surface area contributed by atoms with Crippen molar-refractivity contribution < 1.29 is 4.74 Å². The molecular weight excluding hydrogens is 202 g/mol. The fourth-order valence-electron chi connectivity index (χ4n) is 1.33. The lowest BCUT2D eigenvalue weighted by Crippen LogP contribution is -2.05. The third kappa shape index (κ3) is 2.95. The quantitative estimate of drug-likeness (QED) is 0.842. The molecule has 0 aliphatic carbocycles. The molecule has 4 heteroatoms. The van der Waals surface area contributed by atoms with E-state index in [1.165, 1.54) is 5.56 Å². The van der Waals surface area contributed by atoms with Crippen molar-refractivity contribution in [1.29, 1.82) is 0 Å². The molecule has 0 bridgehead atoms. The van der Waals surface area contributed by atoms with Crippen LogP contribution < -0.4 is 10.5 Å². The zero-order valence-corrected chi connectivity index (χ0v) is 8.84. The molecule has 0 saturated carbocycles. The molecule has 82 valence electrons. The van der Waals surface area contributed by atoms with Gasteiger partial charge in [0.1, 0.15) is 5.82 Å². The van der Waals surface area contributed by atoms with Crippen LogP contribution >= 0.6 is 0 Å². The highest BCUT2D eigenvalue weighted by Gasteiger charge is 1.98. The van der Waals surface area contributed by atoms with E-state index in [1.807, 2.05) is 18.2 Å². The molecule has 0 unspecified atom stereocenters. The average molecular weight is 215 g/mol. The first-order valence-corrected chi connectivity index (χ1v) is 5.10. The monoisotopic (exact) mass is 215 g/mol. The molecule has 1 aromatic heterocycles. The fourth-order valence-corrected chi connectivity index (χ4v) is 1.33. The topological polar surface area (TPSA) is 61.0 Å². The van der Waals surface area contributed by atoms with E-state index < -0.39 is 0 Å². The minimum Gasteiger partial charge on any atom is -0.463 e. The fraction of sp³-hybridized carbons (Fsp3) is 0.167. The number of nitrogens with two attached hydrogens (primary N) is 1. The van der Waals surface area contributed by atoms with Gasteiger partial charge in [0.05, 0.1) is 6.61 Å². The summed E-state index contributed by atoms with van der Waals surface area (Å²) in [6.07, 6.45) is 2.42. The van der Waals surface area contributed by atoms with Gasteiger partial charge in [0, 0.05) is 12.6 Å². The van der Waals surface area contributed by atoms with Crippen LogP contribution in [0.4, 0.5) is 5.82 Å². The van der Waals surface area contributed by atoms with Crippen LogP contribution in [0.1, 0.15) is 5.56 Å². The highest BCUT2D eigenvalue weighted by atomic mass is 16.5. The molecule has 2 rings (SSSR count). The third-order valence-corrected chi connectivity index (χ3v) is 2.12. The molecule has 1 heterocycles. The number of nitrogen functional groups attached to an aromatic ring is 1. The normalized spacial score (nSPS) is 10.0. The van der Waals surface area contributed by atoms with Gasteiger partial charge in [-0.2, -0.15) is 4.98 Å². The van der Waals surface area contributed by atoms with E-state index in [2.05, 4.69) is 22.1 Å². The van der Waals surface area contributed by atoms with E-state index in [1.54, 1.807) is 12.3 Å². The number of benzene rings is 1. The maximum absolute atomic E-state index is 5.51. The van der Waals surface area contributed by atoms with Crippen molar-refractivity contribution in [2.75, 3.05) is 12.3 Å². The van der Waals surface area contributed by atoms with Crippen molar-refractivity contribution in [3.8, 4) is 6.01 Å². The minimum absolute atomic E-state index is 0.330. The number of ether oxygens (including phenoxy) is 1. The third-order valence-electron chi connectivity index (χ3n) is 2.12. The SMILES string of the molecule is Nc1ccnc(OCCc2ccccc2)n1. The molecule has 0 aliphatic heterocycles. The number of rotatable bonds is 4. The highest BCUT2D eigenvalue weighted by Crippen LogP contribution is 2.05. The van der Waals surface area contributed by atoms with E-state index in [0.29, 0.717) is 18.4 Å². The van der Waals surface area contributed by atoms with Crippen LogP contribution in [-0.4, -0.2) is 16.6 Å². The Bertz CT molecular complexity index is 445. The Hall–Kier alpha value is -2.10. The molecule has 0 fully saturated rings. The molecule has 0 aliphatic rings. The highest BCUT2D eigenvalue weighted by molar-refractivity contribution is 5.26. The summed E-state index contributed by atoms with van der Waals surface area (Å²) < 4.78 is 5.39. The van der Waals surface area contributed by atoms with Gasteiger partial charge in [-0.1, -0.05) is 30.3 Å². The van der Waals surface area contributed by atoms with E-state index in [4.69, 9.17) is 10.5 Å². The van der Waals surface area contributed by atoms with Crippen LogP contribution in [0, 0.1) is 0 Å². The van der Waals surface area contributed by atoms with Crippen molar-refractivity contribution in [3.05, 3.63) is 48.2 Å². The molecule has 0 amide bonds. The number of hydrogen-bond donors (Lipinski definition) is 1. The Morgan fingerprint density at radius 1 is 1.12 bits per heavy atom. The Labute approximate surface area is 94.1 Å².